The molecule has 3 rings (SSSR count). The molecule has 1 atom stereocenters. The van der Waals surface area contributed by atoms with Gasteiger partial charge in [-0.25, -0.2) is 9.18 Å². The van der Waals surface area contributed by atoms with E-state index in [2.05, 4.69) is 5.32 Å². The lowest BCUT2D eigenvalue weighted by Crippen LogP contribution is -2.35. The Balaban J connectivity index is 1.74. The molecule has 0 saturated heterocycles. The molecule has 0 saturated carbocycles. The van der Waals surface area contributed by atoms with E-state index in [0.717, 1.165) is 0 Å². The van der Waals surface area contributed by atoms with Crippen molar-refractivity contribution in [2.75, 3.05) is 13.2 Å². The second kappa shape index (κ2) is 8.89. The van der Waals surface area contributed by atoms with E-state index in [9.17, 15) is 14.0 Å². The number of rotatable bonds is 6. The van der Waals surface area contributed by atoms with Crippen LogP contribution >= 0.6 is 11.6 Å². The predicted octanol–water partition coefficient (Wildman–Crippen LogP) is 3.98. The Morgan fingerprint density at radius 2 is 1.93 bits per heavy atom. The zero-order valence-electron chi connectivity index (χ0n) is 15.2. The van der Waals surface area contributed by atoms with Gasteiger partial charge in [0.15, 0.2) is 0 Å². The van der Waals surface area contributed by atoms with Crippen molar-refractivity contribution >= 4 is 23.5 Å². The summed E-state index contributed by atoms with van der Waals surface area (Å²) in [5.74, 6) is -1.68. The first kappa shape index (κ1) is 19.9. The Labute approximate surface area is 167 Å². The van der Waals surface area contributed by atoms with Crippen LogP contribution in [0, 0.1) is 5.82 Å². The fraction of sp³-hybridized carbons (Fsp3) is 0.238. The Hall–Kier alpha value is -2.86. The van der Waals surface area contributed by atoms with Gasteiger partial charge in [0.2, 0.25) is 5.91 Å². The van der Waals surface area contributed by atoms with Crippen molar-refractivity contribution in [2.45, 2.75) is 19.3 Å². The number of para-hydroxylation sites is 1. The van der Waals surface area contributed by atoms with Gasteiger partial charge in [0.1, 0.15) is 24.8 Å². The van der Waals surface area contributed by atoms with Crippen LogP contribution in [0.1, 0.15) is 24.8 Å². The van der Waals surface area contributed by atoms with Gasteiger partial charge in [0.05, 0.1) is 5.57 Å². The lowest BCUT2D eigenvalue weighted by molar-refractivity contribution is -0.140. The summed E-state index contributed by atoms with van der Waals surface area (Å²) >= 11 is 6.16. The molecule has 1 aliphatic rings. The Morgan fingerprint density at radius 3 is 2.64 bits per heavy atom. The van der Waals surface area contributed by atoms with Crippen LogP contribution in [-0.2, 0) is 14.3 Å². The number of hydrogen-bond donors (Lipinski definition) is 1. The topological polar surface area (TPSA) is 64.6 Å². The van der Waals surface area contributed by atoms with Crippen LogP contribution in [0.2, 0.25) is 5.02 Å². The standard InChI is InChI=1S/C21H19ClFNO4/c1-13-19(21(26)28-11-10-27-14-6-3-2-4-7-14)15(12-18(25)24-13)20-16(22)8-5-9-17(20)23/h2-9,15H,10-12H2,1H3,(H,24,25). The molecule has 1 aliphatic heterocycles. The highest BCUT2D eigenvalue weighted by atomic mass is 35.5. The molecule has 1 amide bonds. The summed E-state index contributed by atoms with van der Waals surface area (Å²) < 4.78 is 25.2. The van der Waals surface area contributed by atoms with Crippen LogP contribution in [0.5, 0.6) is 5.75 Å². The zero-order chi connectivity index (χ0) is 20.1. The van der Waals surface area contributed by atoms with Gasteiger partial charge < -0.3 is 14.8 Å². The van der Waals surface area contributed by atoms with Crippen molar-refractivity contribution in [3.05, 3.63) is 76.2 Å². The van der Waals surface area contributed by atoms with E-state index in [1.807, 2.05) is 18.2 Å². The highest BCUT2D eigenvalue weighted by Gasteiger charge is 2.35. The lowest BCUT2D eigenvalue weighted by atomic mass is 9.84. The number of carbonyl (C=O) groups is 2. The second-order valence-corrected chi connectivity index (χ2v) is 6.68. The molecule has 0 spiro atoms. The van der Waals surface area contributed by atoms with Crippen molar-refractivity contribution < 1.29 is 23.5 Å². The molecule has 28 heavy (non-hydrogen) atoms. The van der Waals surface area contributed by atoms with Gasteiger partial charge in [-0.05, 0) is 31.2 Å². The van der Waals surface area contributed by atoms with Crippen molar-refractivity contribution in [3.8, 4) is 5.75 Å². The summed E-state index contributed by atoms with van der Waals surface area (Å²) in [4.78, 5) is 24.7. The maximum absolute atomic E-state index is 14.4. The van der Waals surface area contributed by atoms with Crippen molar-refractivity contribution in [2.24, 2.45) is 0 Å². The third kappa shape index (κ3) is 4.51. The lowest BCUT2D eigenvalue weighted by Gasteiger charge is -2.27. The monoisotopic (exact) mass is 403 g/mol. The molecule has 0 aliphatic carbocycles. The maximum Gasteiger partial charge on any atom is 0.336 e. The van der Waals surface area contributed by atoms with E-state index in [1.165, 1.54) is 18.2 Å². The summed E-state index contributed by atoms with van der Waals surface area (Å²) in [5, 5.41) is 2.77. The van der Waals surface area contributed by atoms with E-state index in [4.69, 9.17) is 21.1 Å². The number of halogens is 2. The van der Waals surface area contributed by atoms with Gasteiger partial charge in [-0.2, -0.15) is 0 Å². The van der Waals surface area contributed by atoms with Gasteiger partial charge in [-0.3, -0.25) is 4.79 Å². The summed E-state index contributed by atoms with van der Waals surface area (Å²) in [7, 11) is 0. The number of amides is 1. The maximum atomic E-state index is 14.4. The largest absolute Gasteiger partial charge is 0.490 e. The van der Waals surface area contributed by atoms with Gasteiger partial charge in [0.25, 0.3) is 0 Å². The SMILES string of the molecule is CC1=C(C(=O)OCCOc2ccccc2)C(c2c(F)cccc2Cl)CC(=O)N1. The van der Waals surface area contributed by atoms with Gasteiger partial charge in [-0.1, -0.05) is 35.9 Å². The van der Waals surface area contributed by atoms with Crippen LogP contribution in [0.4, 0.5) is 4.39 Å². The number of hydrogen-bond acceptors (Lipinski definition) is 4. The zero-order valence-corrected chi connectivity index (χ0v) is 16.0. The number of ether oxygens (including phenoxy) is 2. The predicted molar refractivity (Wildman–Crippen MR) is 103 cm³/mol. The van der Waals surface area contributed by atoms with E-state index in [0.29, 0.717) is 11.4 Å². The fourth-order valence-corrected chi connectivity index (χ4v) is 3.44. The summed E-state index contributed by atoms with van der Waals surface area (Å²) in [6, 6.07) is 13.4. The quantitative estimate of drug-likeness (QED) is 0.585. The molecule has 5 nitrogen and oxygen atoms in total. The second-order valence-electron chi connectivity index (χ2n) is 6.28. The van der Waals surface area contributed by atoms with E-state index < -0.39 is 17.7 Å². The average Bonchev–Trinajstić information content (AvgIpc) is 2.65. The summed E-state index contributed by atoms with van der Waals surface area (Å²) in [6.07, 6.45) is -0.0943. The highest BCUT2D eigenvalue weighted by Crippen LogP contribution is 2.38. The molecular weight excluding hydrogens is 385 g/mol. The molecule has 0 bridgehead atoms. The van der Waals surface area contributed by atoms with Crippen LogP contribution in [-0.4, -0.2) is 25.1 Å². The molecule has 1 heterocycles. The average molecular weight is 404 g/mol. The van der Waals surface area contributed by atoms with E-state index >= 15 is 0 Å². The number of benzene rings is 2. The number of carbonyl (C=O) groups excluding carboxylic acids is 2. The fourth-order valence-electron chi connectivity index (χ4n) is 3.15. The molecule has 146 valence electrons. The van der Waals surface area contributed by atoms with Crippen LogP contribution in [0.25, 0.3) is 0 Å². The van der Waals surface area contributed by atoms with Gasteiger partial charge in [-0.15, -0.1) is 0 Å². The molecule has 7 heteroatoms. The first-order valence-electron chi connectivity index (χ1n) is 8.77. The minimum atomic E-state index is -0.815. The number of esters is 1. The molecule has 0 aromatic heterocycles. The molecule has 1 N–H and O–H groups in total. The minimum absolute atomic E-state index is 0.0101. The minimum Gasteiger partial charge on any atom is -0.490 e. The summed E-state index contributed by atoms with van der Waals surface area (Å²) in [5.41, 5.74) is 0.631. The highest BCUT2D eigenvalue weighted by molar-refractivity contribution is 6.31. The first-order chi connectivity index (χ1) is 13.5. The van der Waals surface area contributed by atoms with Crippen LogP contribution in [0.15, 0.2) is 59.8 Å². The van der Waals surface area contributed by atoms with Crippen molar-refractivity contribution in [3.63, 3.8) is 0 Å². The third-order valence-electron chi connectivity index (χ3n) is 4.37. The molecular formula is C21H19ClFNO4. The number of nitrogens with one attached hydrogen (secondary N) is 1. The Morgan fingerprint density at radius 1 is 1.18 bits per heavy atom. The van der Waals surface area contributed by atoms with E-state index in [-0.39, 0.29) is 41.7 Å². The molecule has 2 aromatic carbocycles. The Bertz CT molecular complexity index is 894. The number of allylic oxidation sites excluding steroid dienone is 1. The molecule has 0 fully saturated rings. The van der Waals surface area contributed by atoms with Crippen molar-refractivity contribution in [1.82, 2.24) is 5.32 Å². The van der Waals surface area contributed by atoms with Crippen LogP contribution < -0.4 is 10.1 Å². The van der Waals surface area contributed by atoms with E-state index in [1.54, 1.807) is 19.1 Å². The molecule has 2 aromatic rings. The molecule has 1 unspecified atom stereocenters. The summed E-state index contributed by atoms with van der Waals surface area (Å²) in [6.45, 7) is 1.76. The normalized spacial score (nSPS) is 16.5. The Kier molecular flexibility index (Phi) is 6.31. The molecule has 0 radical (unpaired) electrons. The van der Waals surface area contributed by atoms with Gasteiger partial charge in [0, 0.05) is 28.6 Å². The van der Waals surface area contributed by atoms with Gasteiger partial charge >= 0.3 is 5.97 Å². The van der Waals surface area contributed by atoms with Crippen molar-refractivity contribution in [1.29, 1.82) is 0 Å². The third-order valence-corrected chi connectivity index (χ3v) is 4.70. The first-order valence-corrected chi connectivity index (χ1v) is 9.14. The van der Waals surface area contributed by atoms with Crippen LogP contribution in [0.3, 0.4) is 0 Å². The smallest absolute Gasteiger partial charge is 0.336 e.